The predicted molar refractivity (Wildman–Crippen MR) is 548 cm³/mol. The van der Waals surface area contributed by atoms with Crippen molar-refractivity contribution < 1.29 is 94.0 Å². The molecule has 0 bridgehead atoms. The number of hydrogen-bond acceptors (Lipinski definition) is 22. The van der Waals surface area contributed by atoms with Crippen molar-refractivity contribution in [3.05, 3.63) is 238 Å². The van der Waals surface area contributed by atoms with E-state index in [1.54, 1.807) is 115 Å². The minimum Gasteiger partial charge on any atom is -1.00 e. The van der Waals surface area contributed by atoms with Gasteiger partial charge in [0.1, 0.15) is 11.3 Å². The van der Waals surface area contributed by atoms with Crippen LogP contribution in [-0.4, -0.2) is 172 Å². The summed E-state index contributed by atoms with van der Waals surface area (Å²) in [5.41, 5.74) is 12.5. The summed E-state index contributed by atoms with van der Waals surface area (Å²) in [7, 11) is 1.00. The maximum absolute atomic E-state index is 12.1. The Hall–Kier alpha value is -7.55. The summed E-state index contributed by atoms with van der Waals surface area (Å²) in [5.74, 6) is 2.96. The smallest absolute Gasteiger partial charge is 1.00 e. The van der Waals surface area contributed by atoms with Gasteiger partial charge < -0.3 is 58.3 Å². The van der Waals surface area contributed by atoms with E-state index in [2.05, 4.69) is 212 Å². The third kappa shape index (κ3) is 50.9. The van der Waals surface area contributed by atoms with Gasteiger partial charge in [-0.2, -0.15) is 20.4 Å². The fourth-order valence-corrected chi connectivity index (χ4v) is 12.1. The number of aliphatic hydroxyl groups excluding tert-OH is 1. The number of carbonyl (C=O) groups excluding carboxylic acids is 9. The molecule has 10 aromatic rings. The molecule has 0 fully saturated rings. The minimum absolute atomic E-state index is 0. The second kappa shape index (κ2) is 71.0. The average molecular weight is 2310 g/mol. The number of carbonyl (C=O) groups is 9. The van der Waals surface area contributed by atoms with Crippen LogP contribution in [0.2, 0.25) is 0 Å². The van der Waals surface area contributed by atoms with E-state index in [0.29, 0.717) is 84.3 Å². The molecule has 10 rings (SSSR count). The zero-order valence-corrected chi connectivity index (χ0v) is 91.2. The van der Waals surface area contributed by atoms with E-state index in [9.17, 15) is 48.3 Å². The summed E-state index contributed by atoms with van der Waals surface area (Å²) in [6, 6.07) is 53.2. The Kier molecular flexibility index (Phi) is 71.5. The first-order valence-corrected chi connectivity index (χ1v) is 45.7. The van der Waals surface area contributed by atoms with E-state index in [1.165, 1.54) is 6.92 Å². The normalized spacial score (nSPS) is 10.0. The summed E-state index contributed by atoms with van der Waals surface area (Å²) in [6.07, 6.45) is -0.458. The maximum Gasteiger partial charge on any atom is 2.00 e. The van der Waals surface area contributed by atoms with E-state index < -0.39 is 41.3 Å². The van der Waals surface area contributed by atoms with Gasteiger partial charge in [-0.05, 0) is 199 Å². The molecule has 0 atom stereocenters. The third-order valence-electron chi connectivity index (χ3n) is 16.2. The molecule has 132 heavy (non-hydrogen) atoms. The standard InChI is InChI=1S/3C16H19BrN2O2.C16H21BrN2O.C12H11BrO4.C8H7BrO.C5H8O3.C4H12N2.CH4O.2CH4.CH3.BrH.ClH.Mg/c2*1-4-21-16(20)14-9-15(19(18-14)10-11(2)3)12-5-7-13(17)8-6-12;1-4-21-16(20)15-9-14(18-19(15)10-11(2)3)12-5-7-13(17)8-6-12;1-11(2)10-19-14(9-15(18-19)16(3,4)20)12-5-7-13(17)8-6-12;1-2-17-12(16)11(15)7-10(14)8-3-5-9(13)6-4-8;1-6(10)7-2-4-8(9)5-3-7;1-3-8-5(7)4(2)6;1-4(2)3-6-5;1-2;;;;;;/h3*5-9,11H,4,10H2,1-3H3;5-9,11,20H,10H2,1-4H3;3-6H,2,7H2,1H3;2-5H,1H3;3H2,1-2H3;4,6H,3,5H2,1-2H3;2H,1H3;2*1H4;1H3;2*1H;/q;;;;;;;;;;;-1;;;+2/p-1. The van der Waals surface area contributed by atoms with Crippen LogP contribution in [0.15, 0.2) is 197 Å². The molecule has 4 aromatic heterocycles. The number of halogens is 8. The topological polar surface area (TPSA) is 350 Å². The van der Waals surface area contributed by atoms with Gasteiger partial charge in [-0.1, -0.05) is 252 Å². The fraction of sp³-hybridized carbons (Fsp3) is 0.402. The predicted octanol–water partition coefficient (Wildman–Crippen LogP) is 20.1. The minimum atomic E-state index is -0.960. The molecule has 6 aromatic carbocycles. The van der Waals surface area contributed by atoms with Crippen molar-refractivity contribution >= 4 is 184 Å². The zero-order chi connectivity index (χ0) is 95.1. The number of benzene rings is 6. The number of esters is 5. The number of nitrogens with zero attached hydrogens (tertiary/aromatic N) is 8. The Morgan fingerprint density at radius 2 is 0.712 bits per heavy atom. The van der Waals surface area contributed by atoms with Crippen LogP contribution in [0.3, 0.4) is 0 Å². The molecule has 4 heterocycles. The zero-order valence-electron chi connectivity index (χ0n) is 77.9. The second-order valence-electron chi connectivity index (χ2n) is 30.1. The van der Waals surface area contributed by atoms with Gasteiger partial charge in [0.15, 0.2) is 23.0 Å². The number of hydrazine groups is 1. The molecule has 0 radical (unpaired) electrons. The third-order valence-corrected chi connectivity index (χ3v) is 19.4. The maximum atomic E-state index is 12.1. The first kappa shape index (κ1) is 133. The van der Waals surface area contributed by atoms with Crippen molar-refractivity contribution in [1.29, 1.82) is 0 Å². The van der Waals surface area contributed by atoms with Gasteiger partial charge in [0, 0.05) is 90.3 Å². The van der Waals surface area contributed by atoms with E-state index in [4.69, 9.17) is 25.2 Å². The summed E-state index contributed by atoms with van der Waals surface area (Å²) in [6.45, 7) is 41.5. The van der Waals surface area contributed by atoms with Gasteiger partial charge in [0.2, 0.25) is 11.6 Å². The van der Waals surface area contributed by atoms with Crippen molar-refractivity contribution in [3.63, 3.8) is 0 Å². The van der Waals surface area contributed by atoms with E-state index in [0.717, 1.165) is 111 Å². The van der Waals surface area contributed by atoms with Crippen LogP contribution < -0.4 is 28.2 Å². The molecule has 0 aliphatic heterocycles. The van der Waals surface area contributed by atoms with Gasteiger partial charge in [-0.25, -0.2) is 24.0 Å². The first-order chi connectivity index (χ1) is 59.5. The second-order valence-corrected chi connectivity index (χ2v) is 35.6. The number of hydrogen-bond donors (Lipinski definition) is 4. The quantitative estimate of drug-likeness (QED) is 0.00389. The first-order valence-electron chi connectivity index (χ1n) is 40.9. The van der Waals surface area contributed by atoms with Crippen LogP contribution in [0.25, 0.3) is 45.0 Å². The molecule has 5 N–H and O–H groups in total. The molecule has 0 saturated heterocycles. The molecule has 0 amide bonds. The summed E-state index contributed by atoms with van der Waals surface area (Å²) >= 11 is 20.2. The number of aliphatic hydroxyl groups is 2. The van der Waals surface area contributed by atoms with Crippen LogP contribution in [0, 0.1) is 37.0 Å². The van der Waals surface area contributed by atoms with Crippen LogP contribution >= 0.6 is 108 Å². The van der Waals surface area contributed by atoms with Gasteiger partial charge in [-0.3, -0.25) is 49.2 Å². The van der Waals surface area contributed by atoms with Crippen molar-refractivity contribution in [2.24, 2.45) is 35.4 Å². The Morgan fingerprint density at radius 1 is 0.417 bits per heavy atom. The number of ketones is 4. The van der Waals surface area contributed by atoms with Crippen molar-refractivity contribution in [2.75, 3.05) is 46.7 Å². The Balaban J connectivity index is -0.000000472. The molecule has 0 saturated carbocycles. The van der Waals surface area contributed by atoms with Gasteiger partial charge in [0.25, 0.3) is 0 Å². The Labute approximate surface area is 864 Å². The number of Topliss-reactive ketones (excluding diaryl/α,β-unsaturated/α-hetero) is 4. The molecule has 0 unspecified atom stereocenters. The molecule has 0 aliphatic carbocycles. The number of nitrogens with one attached hydrogen (secondary N) is 1. The van der Waals surface area contributed by atoms with Crippen LogP contribution in [0.1, 0.15) is 211 Å². The number of nitrogens with two attached hydrogens (primary N) is 1. The van der Waals surface area contributed by atoms with Crippen LogP contribution in [0.5, 0.6) is 0 Å². The van der Waals surface area contributed by atoms with Crippen LogP contribution in [-0.2, 0) is 74.6 Å². The summed E-state index contributed by atoms with van der Waals surface area (Å²) in [4.78, 5) is 101. The van der Waals surface area contributed by atoms with Gasteiger partial charge >= 0.3 is 52.9 Å². The Morgan fingerprint density at radius 3 is 1.00 bits per heavy atom. The molecule has 26 nitrogen and oxygen atoms in total. The van der Waals surface area contributed by atoms with Crippen molar-refractivity contribution in [3.8, 4) is 45.0 Å². The van der Waals surface area contributed by atoms with Gasteiger partial charge in [0.05, 0.1) is 67.9 Å². The summed E-state index contributed by atoms with van der Waals surface area (Å²) < 4.78 is 37.4. The van der Waals surface area contributed by atoms with E-state index in [-0.39, 0.29) is 112 Å². The molecule has 724 valence electrons. The van der Waals surface area contributed by atoms with E-state index in [1.807, 2.05) is 117 Å². The summed E-state index contributed by atoms with van der Waals surface area (Å²) in [5, 5.41) is 35.1. The fourth-order valence-electron chi connectivity index (χ4n) is 10.5. The van der Waals surface area contributed by atoms with Crippen molar-refractivity contribution in [2.45, 2.75) is 185 Å². The van der Waals surface area contributed by atoms with E-state index >= 15 is 0 Å². The van der Waals surface area contributed by atoms with Crippen molar-refractivity contribution in [1.82, 2.24) is 44.5 Å². The Bertz CT molecular complexity index is 4890. The van der Waals surface area contributed by atoms with Crippen LogP contribution in [0.4, 0.5) is 0 Å². The number of rotatable bonds is 29. The molecule has 0 aliphatic rings. The molecular formula is C97H132Br7ClMgN10O16. The molecule has 0 spiro atoms. The number of aromatic nitrogens is 8. The SMILES string of the molecule is C.C.CC(=O)c1ccc(Br)cc1.CC(C)CNN.CC(C)Cn1nc(C(C)(C)O)cc1-c1ccc(Br)cc1.CCOC(=O)C(=O)CC(=O)c1ccc(Br)cc1.CCOC(=O)C(C)=O.CCOC(=O)c1cc(-c2ccc(Br)cc2)n(CC(C)C)n1.CCOC(=O)c1cc(-c2ccc(Br)cc2)n(CC(C)C)n1.CCOC(=O)c1cc(-c2ccc(Br)cc2)nn1CC(C)C.CO.Cl.[Br-].[CH3-].[Mg+2]. The number of ether oxygens (including phenoxy) is 5. The molecular weight excluding hydrogens is 2180 g/mol. The molecule has 35 heteroatoms. The average Bonchev–Trinajstić information content (AvgIpc) is 1.66. The largest absolute Gasteiger partial charge is 2.00 e. The monoisotopic (exact) mass is 2300 g/mol. The van der Waals surface area contributed by atoms with Gasteiger partial charge in [-0.15, -0.1) is 12.4 Å².